The molecule has 0 spiro atoms. The van der Waals surface area contributed by atoms with Crippen LogP contribution in [0.25, 0.3) is 0 Å². The van der Waals surface area contributed by atoms with Crippen molar-refractivity contribution in [2.45, 2.75) is 82.4 Å². The van der Waals surface area contributed by atoms with Crippen LogP contribution >= 0.6 is 12.4 Å². The Kier molecular flexibility index (Phi) is 16.8. The second kappa shape index (κ2) is 15.3. The van der Waals surface area contributed by atoms with Gasteiger partial charge in [0.25, 0.3) is 10.1 Å². The van der Waals surface area contributed by atoms with Crippen molar-refractivity contribution in [1.82, 2.24) is 0 Å². The first-order chi connectivity index (χ1) is 10.6. The first kappa shape index (κ1) is 26.3. The summed E-state index contributed by atoms with van der Waals surface area (Å²) in [6.45, 7) is 2.24. The quantitative estimate of drug-likeness (QED) is 0.239. The van der Waals surface area contributed by atoms with E-state index in [1.165, 1.54) is 57.4 Å². The van der Waals surface area contributed by atoms with Crippen molar-refractivity contribution in [3.63, 3.8) is 0 Å². The topological polar surface area (TPSA) is 54.4 Å². The first-order valence-electron chi connectivity index (χ1n) is 8.61. The number of benzene rings is 1. The molecule has 3 nitrogen and oxygen atoms in total. The summed E-state index contributed by atoms with van der Waals surface area (Å²) in [4.78, 5) is 0.0610. The molecule has 0 aliphatic rings. The minimum atomic E-state index is -4.10. The Morgan fingerprint density at radius 2 is 1.29 bits per heavy atom. The van der Waals surface area contributed by atoms with E-state index in [-0.39, 0.29) is 37.7 Å². The van der Waals surface area contributed by atoms with Gasteiger partial charge in [-0.25, -0.2) is 0 Å². The van der Waals surface area contributed by atoms with Gasteiger partial charge in [-0.3, -0.25) is 4.55 Å². The third-order valence-corrected chi connectivity index (χ3v) is 5.00. The van der Waals surface area contributed by atoms with Gasteiger partial charge in [-0.05, 0) is 24.5 Å². The summed E-state index contributed by atoms with van der Waals surface area (Å²) in [6, 6.07) is 6.73. The number of hydrogen-bond acceptors (Lipinski definition) is 2. The summed E-state index contributed by atoms with van der Waals surface area (Å²) in [7, 11) is -4.10. The largest absolute Gasteiger partial charge is 0.294 e. The summed E-state index contributed by atoms with van der Waals surface area (Å²) < 4.78 is 31.8. The molecule has 0 aliphatic carbocycles. The van der Waals surface area contributed by atoms with E-state index < -0.39 is 10.1 Å². The number of hydrogen-bond donors (Lipinski definition) is 1. The van der Waals surface area contributed by atoms with E-state index in [1.54, 1.807) is 12.1 Å². The van der Waals surface area contributed by atoms with Crippen LogP contribution in [0.4, 0.5) is 0 Å². The molecule has 0 unspecified atom stereocenters. The van der Waals surface area contributed by atoms with Gasteiger partial charge in [0, 0.05) is 20.4 Å². The molecule has 24 heavy (non-hydrogen) atoms. The Hall–Kier alpha value is 0.0823. The fourth-order valence-electron chi connectivity index (χ4n) is 2.76. The Labute approximate surface area is 167 Å². The van der Waals surface area contributed by atoms with Gasteiger partial charge in [-0.15, -0.1) is 12.4 Å². The maximum absolute atomic E-state index is 11.3. The van der Waals surface area contributed by atoms with Crippen LogP contribution in [0, 0.1) is 0 Å². The second-order valence-corrected chi connectivity index (χ2v) is 7.40. The third kappa shape index (κ3) is 11.6. The molecule has 0 radical (unpaired) electrons. The van der Waals surface area contributed by atoms with E-state index in [0.29, 0.717) is 6.42 Å². The summed E-state index contributed by atoms with van der Waals surface area (Å²) in [5.41, 5.74) is 0.726. The van der Waals surface area contributed by atoms with Crippen LogP contribution in [0.5, 0.6) is 0 Å². The standard InChI is InChI=1S/C18H30O3S.ClH.Pd/c1-2-3-4-5-6-7-8-9-10-11-14-17-15-12-13-16-18(17)22(19,20)21;;/h12-13,15-16H,2-11,14H2,1H3,(H,19,20,21);1H;. The summed E-state index contributed by atoms with van der Waals surface area (Å²) >= 11 is 0. The van der Waals surface area contributed by atoms with Crippen LogP contribution in [-0.4, -0.2) is 13.0 Å². The Morgan fingerprint density at radius 3 is 1.79 bits per heavy atom. The van der Waals surface area contributed by atoms with Crippen molar-refractivity contribution in [3.05, 3.63) is 29.8 Å². The molecule has 1 rings (SSSR count). The maximum atomic E-state index is 11.3. The Bertz CT molecular complexity index is 521. The van der Waals surface area contributed by atoms with Crippen molar-refractivity contribution in [2.75, 3.05) is 0 Å². The van der Waals surface area contributed by atoms with Crippen LogP contribution in [0.1, 0.15) is 76.7 Å². The van der Waals surface area contributed by atoms with Gasteiger partial charge in [-0.2, -0.15) is 8.42 Å². The first-order valence-corrected chi connectivity index (χ1v) is 10.0. The number of rotatable bonds is 12. The molecule has 0 fully saturated rings. The van der Waals surface area contributed by atoms with Gasteiger partial charge in [0.05, 0.1) is 4.90 Å². The smallest absolute Gasteiger partial charge is 0.282 e. The minimum Gasteiger partial charge on any atom is -0.282 e. The van der Waals surface area contributed by atoms with Crippen LogP contribution in [0.3, 0.4) is 0 Å². The van der Waals surface area contributed by atoms with Gasteiger partial charge in [0.2, 0.25) is 0 Å². The van der Waals surface area contributed by atoms with Crippen molar-refractivity contribution in [1.29, 1.82) is 0 Å². The molecule has 0 saturated heterocycles. The minimum absolute atomic E-state index is 0. The van der Waals surface area contributed by atoms with Gasteiger partial charge < -0.3 is 0 Å². The molecule has 0 aromatic heterocycles. The van der Waals surface area contributed by atoms with Crippen LogP contribution in [0.15, 0.2) is 29.2 Å². The molecule has 0 atom stereocenters. The second-order valence-electron chi connectivity index (χ2n) is 6.01. The third-order valence-electron chi connectivity index (χ3n) is 4.05. The van der Waals surface area contributed by atoms with Gasteiger partial charge in [0.15, 0.2) is 0 Å². The monoisotopic (exact) mass is 468 g/mol. The SMILES string of the molecule is CCCCCCCCCCCCc1ccccc1S(=O)(=O)O.Cl.[Pd]. The maximum Gasteiger partial charge on any atom is 0.294 e. The number of unbranched alkanes of at least 4 members (excludes halogenated alkanes) is 9. The number of halogens is 1. The Balaban J connectivity index is 0. The van der Waals surface area contributed by atoms with Crippen LogP contribution in [0.2, 0.25) is 0 Å². The molecule has 0 bridgehead atoms. The Morgan fingerprint density at radius 1 is 0.833 bits per heavy atom. The molecular weight excluding hydrogens is 438 g/mol. The zero-order valence-electron chi connectivity index (χ0n) is 14.5. The van der Waals surface area contributed by atoms with Gasteiger partial charge >= 0.3 is 0 Å². The van der Waals surface area contributed by atoms with Crippen molar-refractivity contribution in [2.24, 2.45) is 0 Å². The molecular formula is C18H31ClO3PdS. The molecule has 1 N–H and O–H groups in total. The van der Waals surface area contributed by atoms with Crippen molar-refractivity contribution in [3.8, 4) is 0 Å². The van der Waals surface area contributed by atoms with Gasteiger partial charge in [0.1, 0.15) is 0 Å². The molecule has 0 amide bonds. The zero-order chi connectivity index (χ0) is 16.3. The molecule has 144 valence electrons. The average Bonchev–Trinajstić information content (AvgIpc) is 2.48. The van der Waals surface area contributed by atoms with E-state index in [9.17, 15) is 13.0 Å². The zero-order valence-corrected chi connectivity index (χ0v) is 17.7. The van der Waals surface area contributed by atoms with E-state index >= 15 is 0 Å². The van der Waals surface area contributed by atoms with Gasteiger partial charge in [-0.1, -0.05) is 82.9 Å². The van der Waals surface area contributed by atoms with Crippen molar-refractivity contribution < 1.29 is 33.4 Å². The van der Waals surface area contributed by atoms with E-state index in [4.69, 9.17) is 0 Å². The fourth-order valence-corrected chi connectivity index (χ4v) is 3.52. The molecule has 6 heteroatoms. The van der Waals surface area contributed by atoms with E-state index in [1.807, 2.05) is 6.07 Å². The molecule has 0 heterocycles. The molecule has 0 saturated carbocycles. The average molecular weight is 469 g/mol. The molecule has 1 aromatic rings. The molecule has 0 aliphatic heterocycles. The summed E-state index contributed by atoms with van der Waals surface area (Å²) in [5.74, 6) is 0. The fraction of sp³-hybridized carbons (Fsp3) is 0.667. The van der Waals surface area contributed by atoms with Crippen molar-refractivity contribution >= 4 is 22.5 Å². The van der Waals surface area contributed by atoms with E-state index in [2.05, 4.69) is 6.92 Å². The summed E-state index contributed by atoms with van der Waals surface area (Å²) in [5, 5.41) is 0. The predicted molar refractivity (Wildman–Crippen MR) is 99.1 cm³/mol. The van der Waals surface area contributed by atoms with Crippen LogP contribution < -0.4 is 0 Å². The summed E-state index contributed by atoms with van der Waals surface area (Å²) in [6.07, 6.45) is 13.3. The molecule has 1 aromatic carbocycles. The number of aryl methyl sites for hydroxylation is 1. The normalized spacial score (nSPS) is 10.8. The predicted octanol–water partition coefficient (Wildman–Crippen LogP) is 5.82. The van der Waals surface area contributed by atoms with Crippen LogP contribution in [-0.2, 0) is 37.0 Å². The van der Waals surface area contributed by atoms with E-state index in [0.717, 1.165) is 18.4 Å².